The van der Waals surface area contributed by atoms with Crippen LogP contribution in [0.2, 0.25) is 0 Å². The zero-order valence-corrected chi connectivity index (χ0v) is 8.98. The van der Waals surface area contributed by atoms with Gasteiger partial charge in [0.05, 0.1) is 6.61 Å². The van der Waals surface area contributed by atoms with Gasteiger partial charge >= 0.3 is 0 Å². The highest BCUT2D eigenvalue weighted by molar-refractivity contribution is 5.40. The van der Waals surface area contributed by atoms with Crippen LogP contribution in [0.15, 0.2) is 29.3 Å². The number of hydrogen-bond acceptors (Lipinski definition) is 2. The van der Waals surface area contributed by atoms with E-state index < -0.39 is 0 Å². The highest BCUT2D eigenvalue weighted by atomic mass is 16.5. The molecule has 4 heteroatoms. The lowest BCUT2D eigenvalue weighted by Gasteiger charge is -2.20. The molecule has 2 aromatic heterocycles. The lowest BCUT2D eigenvalue weighted by Crippen LogP contribution is -2.15. The maximum Gasteiger partial charge on any atom is 0.183 e. The Balaban J connectivity index is 2.00. The van der Waals surface area contributed by atoms with E-state index in [2.05, 4.69) is 4.98 Å². The van der Waals surface area contributed by atoms with Crippen molar-refractivity contribution in [2.45, 2.75) is 18.8 Å². The van der Waals surface area contributed by atoms with Crippen molar-refractivity contribution >= 4 is 5.65 Å². The maximum atomic E-state index is 11.2. The topological polar surface area (TPSA) is 46.5 Å². The largest absolute Gasteiger partial charge is 0.381 e. The zero-order chi connectivity index (χ0) is 11.0. The molecular weight excluding hydrogens is 204 g/mol. The third-order valence-corrected chi connectivity index (χ3v) is 3.11. The van der Waals surface area contributed by atoms with E-state index in [0.717, 1.165) is 37.4 Å². The number of nitrogens with zero attached hydrogens (tertiary/aromatic N) is 1. The van der Waals surface area contributed by atoms with Crippen LogP contribution in [-0.2, 0) is 4.74 Å². The van der Waals surface area contributed by atoms with Crippen LogP contribution in [0.5, 0.6) is 0 Å². The van der Waals surface area contributed by atoms with Crippen molar-refractivity contribution in [2.75, 3.05) is 13.2 Å². The van der Waals surface area contributed by atoms with Crippen molar-refractivity contribution < 1.29 is 4.74 Å². The molecule has 0 radical (unpaired) electrons. The van der Waals surface area contributed by atoms with Gasteiger partial charge in [0.25, 0.3) is 0 Å². The Morgan fingerprint density at radius 1 is 1.50 bits per heavy atom. The Bertz CT molecular complexity index is 549. The molecule has 2 aromatic rings. The van der Waals surface area contributed by atoms with Gasteiger partial charge < -0.3 is 14.1 Å². The molecule has 0 aliphatic carbocycles. The number of imidazole rings is 1. The third kappa shape index (κ3) is 1.65. The van der Waals surface area contributed by atoms with Crippen LogP contribution in [0, 0.1) is 0 Å². The Kier molecular flexibility index (Phi) is 2.29. The molecule has 1 N–H and O–H groups in total. The van der Waals surface area contributed by atoms with Gasteiger partial charge in [-0.3, -0.25) is 4.79 Å². The number of hydrogen-bond donors (Lipinski definition) is 1. The fourth-order valence-corrected chi connectivity index (χ4v) is 2.23. The molecule has 0 spiro atoms. The minimum Gasteiger partial charge on any atom is -0.381 e. The highest BCUT2D eigenvalue weighted by Crippen LogP contribution is 2.24. The third-order valence-electron chi connectivity index (χ3n) is 3.11. The van der Waals surface area contributed by atoms with Crippen LogP contribution in [-0.4, -0.2) is 22.6 Å². The van der Waals surface area contributed by atoms with Crippen molar-refractivity contribution in [3.63, 3.8) is 0 Å². The summed E-state index contributed by atoms with van der Waals surface area (Å²) in [4.78, 5) is 14.5. The predicted octanol–water partition coefficient (Wildman–Crippen LogP) is 1.52. The maximum absolute atomic E-state index is 11.2. The van der Waals surface area contributed by atoms with Crippen LogP contribution in [0.25, 0.3) is 5.65 Å². The summed E-state index contributed by atoms with van der Waals surface area (Å²) in [6, 6.07) is 3.19. The second-order valence-corrected chi connectivity index (χ2v) is 4.28. The summed E-state index contributed by atoms with van der Waals surface area (Å²) >= 11 is 0. The molecule has 1 saturated heterocycles. The molecule has 1 unspecified atom stereocenters. The van der Waals surface area contributed by atoms with E-state index in [-0.39, 0.29) is 5.43 Å². The number of H-pyrrole nitrogens is 1. The second kappa shape index (κ2) is 3.79. The van der Waals surface area contributed by atoms with E-state index in [1.165, 1.54) is 0 Å². The van der Waals surface area contributed by atoms with Crippen LogP contribution >= 0.6 is 0 Å². The normalized spacial score (nSPS) is 21.4. The van der Waals surface area contributed by atoms with Crippen molar-refractivity contribution in [1.82, 2.24) is 9.38 Å². The number of nitrogens with one attached hydrogen (secondary N) is 1. The zero-order valence-electron chi connectivity index (χ0n) is 8.98. The van der Waals surface area contributed by atoms with E-state index in [0.29, 0.717) is 5.92 Å². The summed E-state index contributed by atoms with van der Waals surface area (Å²) < 4.78 is 7.41. The van der Waals surface area contributed by atoms with Gasteiger partial charge in [0.1, 0.15) is 5.65 Å². The Morgan fingerprint density at radius 3 is 3.25 bits per heavy atom. The van der Waals surface area contributed by atoms with Gasteiger partial charge in [-0.05, 0) is 12.8 Å². The van der Waals surface area contributed by atoms with Crippen molar-refractivity contribution in [2.24, 2.45) is 0 Å². The lowest BCUT2D eigenvalue weighted by atomic mass is 9.99. The molecule has 1 aliphatic rings. The summed E-state index contributed by atoms with van der Waals surface area (Å²) in [5.74, 6) is 0.434. The summed E-state index contributed by atoms with van der Waals surface area (Å²) in [7, 11) is 0. The van der Waals surface area contributed by atoms with E-state index in [1.807, 2.05) is 10.6 Å². The molecule has 1 aliphatic heterocycles. The molecule has 16 heavy (non-hydrogen) atoms. The predicted molar refractivity (Wildman–Crippen MR) is 60.8 cm³/mol. The summed E-state index contributed by atoms with van der Waals surface area (Å²) in [5, 5.41) is 0. The number of aromatic amines is 1. The molecule has 1 fully saturated rings. The van der Waals surface area contributed by atoms with Crippen LogP contribution in [0.3, 0.4) is 0 Å². The van der Waals surface area contributed by atoms with Crippen LogP contribution in [0.4, 0.5) is 0 Å². The molecule has 0 aromatic carbocycles. The minimum absolute atomic E-state index is 0.0355. The van der Waals surface area contributed by atoms with Gasteiger partial charge in [-0.25, -0.2) is 0 Å². The average molecular weight is 218 g/mol. The first-order chi connectivity index (χ1) is 7.83. The first-order valence-electron chi connectivity index (χ1n) is 5.61. The summed E-state index contributed by atoms with van der Waals surface area (Å²) in [6.07, 6.45) is 6.10. The fraction of sp³-hybridized carbons (Fsp3) is 0.417. The summed E-state index contributed by atoms with van der Waals surface area (Å²) in [6.45, 7) is 1.65. The van der Waals surface area contributed by atoms with Crippen LogP contribution < -0.4 is 5.43 Å². The Labute approximate surface area is 92.9 Å². The van der Waals surface area contributed by atoms with E-state index in [4.69, 9.17) is 4.74 Å². The monoisotopic (exact) mass is 218 g/mol. The van der Waals surface area contributed by atoms with Gasteiger partial charge in [-0.2, -0.15) is 0 Å². The second-order valence-electron chi connectivity index (χ2n) is 4.28. The molecular formula is C12H14N2O2. The summed E-state index contributed by atoms with van der Waals surface area (Å²) in [5.41, 5.74) is 2.05. The van der Waals surface area contributed by atoms with Gasteiger partial charge in [0.2, 0.25) is 0 Å². The van der Waals surface area contributed by atoms with E-state index in [9.17, 15) is 4.79 Å². The van der Waals surface area contributed by atoms with Gasteiger partial charge in [0, 0.05) is 42.7 Å². The van der Waals surface area contributed by atoms with E-state index >= 15 is 0 Å². The standard InChI is InChI=1S/C12H14N2O2/c15-10-3-4-14-7-11(13-12(14)6-10)9-2-1-5-16-8-9/h3-4,6-7,9,13H,1-2,5,8H2. The van der Waals surface area contributed by atoms with Gasteiger partial charge in [-0.1, -0.05) is 0 Å². The average Bonchev–Trinajstić information content (AvgIpc) is 2.73. The Hall–Kier alpha value is -1.55. The van der Waals surface area contributed by atoms with E-state index in [1.54, 1.807) is 18.3 Å². The molecule has 0 bridgehead atoms. The fourth-order valence-electron chi connectivity index (χ4n) is 2.23. The van der Waals surface area contributed by atoms with Gasteiger partial charge in [-0.15, -0.1) is 0 Å². The quantitative estimate of drug-likeness (QED) is 0.788. The minimum atomic E-state index is 0.0355. The Morgan fingerprint density at radius 2 is 2.44 bits per heavy atom. The number of fused-ring (bicyclic) bond motifs is 1. The lowest BCUT2D eigenvalue weighted by molar-refractivity contribution is 0.0794. The van der Waals surface area contributed by atoms with Crippen molar-refractivity contribution in [3.8, 4) is 0 Å². The smallest absolute Gasteiger partial charge is 0.183 e. The molecule has 4 nitrogen and oxygen atoms in total. The number of aromatic nitrogens is 2. The molecule has 0 saturated carbocycles. The highest BCUT2D eigenvalue weighted by Gasteiger charge is 2.17. The molecule has 84 valence electrons. The SMILES string of the molecule is O=c1ccn2cc(C3CCCOC3)[nH]c2c1. The van der Waals surface area contributed by atoms with Gasteiger partial charge in [0.15, 0.2) is 5.43 Å². The molecule has 1 atom stereocenters. The van der Waals surface area contributed by atoms with Crippen molar-refractivity contribution in [1.29, 1.82) is 0 Å². The molecule has 3 heterocycles. The molecule has 0 amide bonds. The first-order valence-corrected chi connectivity index (χ1v) is 5.61. The molecule has 3 rings (SSSR count). The van der Waals surface area contributed by atoms with Crippen molar-refractivity contribution in [3.05, 3.63) is 40.4 Å². The number of pyridine rings is 1. The first kappa shape index (κ1) is 9.66. The number of rotatable bonds is 1. The van der Waals surface area contributed by atoms with Crippen LogP contribution in [0.1, 0.15) is 24.5 Å². The number of ether oxygens (including phenoxy) is 1.